The molecule has 0 unspecified atom stereocenters. The average Bonchev–Trinajstić information content (AvgIpc) is 2.68. The summed E-state index contributed by atoms with van der Waals surface area (Å²) in [7, 11) is 0. The van der Waals surface area contributed by atoms with Gasteiger partial charge in [0.2, 0.25) is 5.91 Å². The molecule has 0 atom stereocenters. The molecule has 28 heavy (non-hydrogen) atoms. The van der Waals surface area contributed by atoms with Crippen LogP contribution in [-0.4, -0.2) is 44.1 Å². The third-order valence-corrected chi connectivity index (χ3v) is 3.70. The molecule has 0 aliphatic rings. The van der Waals surface area contributed by atoms with Crippen LogP contribution in [0.25, 0.3) is 0 Å². The lowest BCUT2D eigenvalue weighted by Crippen LogP contribution is -2.32. The highest BCUT2D eigenvalue weighted by atomic mass is 16.5. The number of carbonyl (C=O) groups is 3. The van der Waals surface area contributed by atoms with Gasteiger partial charge in [-0.1, -0.05) is 20.1 Å². The van der Waals surface area contributed by atoms with E-state index in [0.717, 1.165) is 24.3 Å². The van der Waals surface area contributed by atoms with E-state index < -0.39 is 11.9 Å². The number of nitrogens with zero attached hydrogens (tertiary/aromatic N) is 1. The lowest BCUT2D eigenvalue weighted by Gasteiger charge is -2.25. The molecule has 0 spiro atoms. The number of hydrogen-bond acceptors (Lipinski definition) is 7. The molecule has 1 amide bonds. The highest BCUT2D eigenvalue weighted by molar-refractivity contribution is 5.94. The fraction of sp³-hybridized carbons (Fsp3) is 0.350. The smallest absolute Gasteiger partial charge is 0.330 e. The molecule has 1 aromatic rings. The molecule has 8 heteroatoms. The Labute approximate surface area is 165 Å². The van der Waals surface area contributed by atoms with E-state index in [1.165, 1.54) is 0 Å². The summed E-state index contributed by atoms with van der Waals surface area (Å²) in [5.41, 5.74) is 7.61. The Morgan fingerprint density at radius 1 is 1.11 bits per heavy atom. The average molecular weight is 389 g/mol. The van der Waals surface area contributed by atoms with E-state index >= 15 is 0 Å². The van der Waals surface area contributed by atoms with E-state index in [9.17, 15) is 14.4 Å². The number of nitrogen functional groups attached to an aromatic ring is 1. The molecule has 8 nitrogen and oxygen atoms in total. The molecule has 0 bridgehead atoms. The standard InChI is InChI=1S/C20H27N3O5/c1-4-7-18(24)22-17-14-15(8-9-16(17)21)23(10-12-27-19(25)5-2)11-13-28-20(26)6-3/h5-6,8-9,14H,2-4,7,10-13,21H2,1H3,(H,22,24). The Morgan fingerprint density at radius 3 is 2.18 bits per heavy atom. The second-order valence-corrected chi connectivity index (χ2v) is 5.80. The summed E-state index contributed by atoms with van der Waals surface area (Å²) in [6.07, 6.45) is 3.28. The van der Waals surface area contributed by atoms with Crippen LogP contribution in [0, 0.1) is 0 Å². The van der Waals surface area contributed by atoms with Gasteiger partial charge < -0.3 is 25.4 Å². The molecular formula is C20H27N3O5. The first kappa shape index (κ1) is 22.8. The molecule has 3 N–H and O–H groups in total. The predicted octanol–water partition coefficient (Wildman–Crippen LogP) is 2.27. The highest BCUT2D eigenvalue weighted by Gasteiger charge is 2.12. The minimum atomic E-state index is -0.525. The maximum absolute atomic E-state index is 11.9. The molecule has 1 rings (SSSR count). The van der Waals surface area contributed by atoms with Crippen LogP contribution in [-0.2, 0) is 23.9 Å². The maximum atomic E-state index is 11.9. The van der Waals surface area contributed by atoms with Crippen LogP contribution in [0.4, 0.5) is 17.1 Å². The van der Waals surface area contributed by atoms with Crippen molar-refractivity contribution >= 4 is 34.9 Å². The second kappa shape index (κ2) is 12.2. The van der Waals surface area contributed by atoms with Crippen molar-refractivity contribution in [3.8, 4) is 0 Å². The number of ether oxygens (including phenoxy) is 2. The first-order valence-electron chi connectivity index (χ1n) is 8.94. The van der Waals surface area contributed by atoms with Gasteiger partial charge in [0.25, 0.3) is 0 Å². The number of nitrogens with two attached hydrogens (primary N) is 1. The number of carbonyl (C=O) groups excluding carboxylic acids is 3. The minimum Gasteiger partial charge on any atom is -0.461 e. The van der Waals surface area contributed by atoms with Gasteiger partial charge in [-0.25, -0.2) is 9.59 Å². The number of anilines is 3. The first-order valence-corrected chi connectivity index (χ1v) is 8.94. The molecule has 0 radical (unpaired) electrons. The van der Waals surface area contributed by atoms with Crippen LogP contribution in [0.5, 0.6) is 0 Å². The Balaban J connectivity index is 2.91. The second-order valence-electron chi connectivity index (χ2n) is 5.80. The van der Waals surface area contributed by atoms with Crippen molar-refractivity contribution < 1.29 is 23.9 Å². The molecule has 0 aromatic heterocycles. The third kappa shape index (κ3) is 7.94. The van der Waals surface area contributed by atoms with E-state index in [4.69, 9.17) is 15.2 Å². The van der Waals surface area contributed by atoms with Crippen LogP contribution in [0.3, 0.4) is 0 Å². The van der Waals surface area contributed by atoms with Gasteiger partial charge in [-0.05, 0) is 24.6 Å². The first-order chi connectivity index (χ1) is 13.4. The van der Waals surface area contributed by atoms with Crippen molar-refractivity contribution in [3.63, 3.8) is 0 Å². The van der Waals surface area contributed by atoms with Gasteiger partial charge in [0.05, 0.1) is 24.5 Å². The van der Waals surface area contributed by atoms with Crippen molar-refractivity contribution in [2.45, 2.75) is 19.8 Å². The molecule has 0 saturated carbocycles. The fourth-order valence-corrected chi connectivity index (χ4v) is 2.29. The van der Waals surface area contributed by atoms with Crippen molar-refractivity contribution in [1.82, 2.24) is 0 Å². The SMILES string of the molecule is C=CC(=O)OCCN(CCOC(=O)C=C)c1ccc(N)c(NC(=O)CCC)c1. The number of benzene rings is 1. The zero-order valence-electron chi connectivity index (χ0n) is 16.1. The van der Waals surface area contributed by atoms with Crippen LogP contribution >= 0.6 is 0 Å². The van der Waals surface area contributed by atoms with E-state index in [2.05, 4.69) is 18.5 Å². The highest BCUT2D eigenvalue weighted by Crippen LogP contribution is 2.26. The minimum absolute atomic E-state index is 0.113. The summed E-state index contributed by atoms with van der Waals surface area (Å²) in [4.78, 5) is 36.2. The Kier molecular flexibility index (Phi) is 9.88. The number of amides is 1. The maximum Gasteiger partial charge on any atom is 0.330 e. The number of esters is 2. The monoisotopic (exact) mass is 389 g/mol. The van der Waals surface area contributed by atoms with Crippen LogP contribution in [0.1, 0.15) is 19.8 Å². The predicted molar refractivity (Wildman–Crippen MR) is 109 cm³/mol. The molecule has 0 saturated heterocycles. The van der Waals surface area contributed by atoms with E-state index in [1.807, 2.05) is 11.8 Å². The molecule has 0 aliphatic heterocycles. The fourth-order valence-electron chi connectivity index (χ4n) is 2.29. The van der Waals surface area contributed by atoms with Crippen molar-refractivity contribution in [2.24, 2.45) is 0 Å². The van der Waals surface area contributed by atoms with Gasteiger partial charge in [-0.2, -0.15) is 0 Å². The summed E-state index contributed by atoms with van der Waals surface area (Å²) < 4.78 is 10.1. The lowest BCUT2D eigenvalue weighted by atomic mass is 10.2. The topological polar surface area (TPSA) is 111 Å². The number of rotatable bonds is 12. The largest absolute Gasteiger partial charge is 0.461 e. The van der Waals surface area contributed by atoms with Gasteiger partial charge in [-0.3, -0.25) is 4.79 Å². The van der Waals surface area contributed by atoms with Crippen molar-refractivity contribution in [1.29, 1.82) is 0 Å². The van der Waals surface area contributed by atoms with Gasteiger partial charge in [-0.15, -0.1) is 0 Å². The molecule has 1 aromatic carbocycles. The molecule has 0 aliphatic carbocycles. The summed E-state index contributed by atoms with van der Waals surface area (Å²) >= 11 is 0. The molecule has 152 valence electrons. The van der Waals surface area contributed by atoms with Crippen LogP contribution in [0.15, 0.2) is 43.5 Å². The molecular weight excluding hydrogens is 362 g/mol. The summed E-state index contributed by atoms with van der Waals surface area (Å²) in [6, 6.07) is 5.18. The third-order valence-electron chi connectivity index (χ3n) is 3.70. The summed E-state index contributed by atoms with van der Waals surface area (Å²) in [5, 5.41) is 2.79. The number of nitrogens with one attached hydrogen (secondary N) is 1. The number of hydrogen-bond donors (Lipinski definition) is 2. The quantitative estimate of drug-likeness (QED) is 0.320. The van der Waals surface area contributed by atoms with Crippen molar-refractivity contribution in [3.05, 3.63) is 43.5 Å². The van der Waals surface area contributed by atoms with Crippen LogP contribution in [0.2, 0.25) is 0 Å². The van der Waals surface area contributed by atoms with E-state index in [1.54, 1.807) is 18.2 Å². The van der Waals surface area contributed by atoms with Gasteiger partial charge in [0.15, 0.2) is 0 Å². The normalized spacial score (nSPS) is 9.89. The van der Waals surface area contributed by atoms with Gasteiger partial charge in [0, 0.05) is 24.3 Å². The van der Waals surface area contributed by atoms with E-state index in [0.29, 0.717) is 30.9 Å². The molecule has 0 fully saturated rings. The zero-order chi connectivity index (χ0) is 20.9. The van der Waals surface area contributed by atoms with E-state index in [-0.39, 0.29) is 19.1 Å². The Hall–Kier alpha value is -3.29. The summed E-state index contributed by atoms with van der Waals surface area (Å²) in [6.45, 7) is 9.53. The Morgan fingerprint density at radius 2 is 1.68 bits per heavy atom. The zero-order valence-corrected chi connectivity index (χ0v) is 16.1. The Bertz CT molecular complexity index is 692. The van der Waals surface area contributed by atoms with Gasteiger partial charge >= 0.3 is 11.9 Å². The van der Waals surface area contributed by atoms with Crippen LogP contribution < -0.4 is 16.0 Å². The molecule has 0 heterocycles. The lowest BCUT2D eigenvalue weighted by molar-refractivity contribution is -0.137. The summed E-state index contributed by atoms with van der Waals surface area (Å²) in [5.74, 6) is -1.18. The van der Waals surface area contributed by atoms with Crippen molar-refractivity contribution in [2.75, 3.05) is 42.3 Å². The van der Waals surface area contributed by atoms with Gasteiger partial charge in [0.1, 0.15) is 13.2 Å².